The number of hydrogen-bond acceptors (Lipinski definition) is 4. The van der Waals surface area contributed by atoms with Gasteiger partial charge in [-0.05, 0) is 18.1 Å². The molecule has 0 radical (unpaired) electrons. The topological polar surface area (TPSA) is 58.7 Å². The maximum absolute atomic E-state index is 8.64. The molecule has 1 aromatic rings. The average molecular weight is 252 g/mol. The molecule has 0 fully saturated rings. The van der Waals surface area contributed by atoms with Gasteiger partial charge in [0.05, 0.1) is 19.8 Å². The van der Waals surface area contributed by atoms with E-state index in [1.165, 1.54) is 5.56 Å². The van der Waals surface area contributed by atoms with Gasteiger partial charge in [-0.25, -0.2) is 0 Å². The van der Waals surface area contributed by atoms with Gasteiger partial charge in [0.1, 0.15) is 0 Å². The third-order valence-electron chi connectivity index (χ3n) is 2.99. The van der Waals surface area contributed by atoms with Crippen LogP contribution in [-0.4, -0.2) is 38.5 Å². The molecular formula is C14H24N2O2. The van der Waals surface area contributed by atoms with Crippen LogP contribution >= 0.6 is 0 Å². The lowest BCUT2D eigenvalue weighted by atomic mass is 10.0. The van der Waals surface area contributed by atoms with Crippen LogP contribution in [0.4, 0.5) is 5.69 Å². The van der Waals surface area contributed by atoms with Crippen molar-refractivity contribution in [3.8, 4) is 0 Å². The van der Waals surface area contributed by atoms with Crippen molar-refractivity contribution >= 4 is 5.69 Å². The fraction of sp³-hybridized carbons (Fsp3) is 0.571. The molecular weight excluding hydrogens is 228 g/mol. The Morgan fingerprint density at radius 2 is 2.06 bits per heavy atom. The molecule has 0 spiro atoms. The van der Waals surface area contributed by atoms with Crippen LogP contribution < -0.4 is 10.6 Å². The first kappa shape index (κ1) is 15.0. The number of hydrogen-bond donors (Lipinski definition) is 2. The normalized spacial score (nSPS) is 12.4. The Bertz CT molecular complexity index is 344. The molecule has 0 unspecified atom stereocenters. The van der Waals surface area contributed by atoms with E-state index in [9.17, 15) is 0 Å². The molecule has 0 heterocycles. The summed E-state index contributed by atoms with van der Waals surface area (Å²) in [5.41, 5.74) is 8.44. The van der Waals surface area contributed by atoms with E-state index in [-0.39, 0.29) is 12.6 Å². The van der Waals surface area contributed by atoms with E-state index in [0.29, 0.717) is 13.2 Å². The van der Waals surface area contributed by atoms with E-state index in [1.54, 1.807) is 0 Å². The second-order valence-corrected chi connectivity index (χ2v) is 4.33. The minimum atomic E-state index is 0.0704. The summed E-state index contributed by atoms with van der Waals surface area (Å²) in [5.74, 6) is 0. The standard InChI is InChI=1S/C14H24N2O2/c1-3-13(15)12-6-4-5-7-14(12)16(2)8-10-18-11-9-17/h4-7,13,17H,3,8-11,15H2,1-2H3/t13-/m1/s1. The molecule has 0 aliphatic heterocycles. The van der Waals surface area contributed by atoms with Crippen molar-refractivity contribution in [1.82, 2.24) is 0 Å². The van der Waals surface area contributed by atoms with E-state index < -0.39 is 0 Å². The number of aliphatic hydroxyl groups excluding tert-OH is 1. The van der Waals surface area contributed by atoms with Crippen LogP contribution in [0, 0.1) is 0 Å². The van der Waals surface area contributed by atoms with E-state index in [0.717, 1.165) is 18.7 Å². The number of nitrogens with zero attached hydrogens (tertiary/aromatic N) is 1. The largest absolute Gasteiger partial charge is 0.394 e. The van der Waals surface area contributed by atoms with Gasteiger partial charge in [-0.1, -0.05) is 25.1 Å². The van der Waals surface area contributed by atoms with Crippen LogP contribution in [0.3, 0.4) is 0 Å². The van der Waals surface area contributed by atoms with Gasteiger partial charge in [-0.15, -0.1) is 0 Å². The summed E-state index contributed by atoms with van der Waals surface area (Å²) < 4.78 is 5.28. The molecule has 1 aromatic carbocycles. The number of para-hydroxylation sites is 1. The molecule has 0 aromatic heterocycles. The van der Waals surface area contributed by atoms with E-state index in [2.05, 4.69) is 24.0 Å². The highest BCUT2D eigenvalue weighted by Crippen LogP contribution is 2.25. The fourth-order valence-corrected chi connectivity index (χ4v) is 1.86. The van der Waals surface area contributed by atoms with Crippen molar-refractivity contribution in [3.63, 3.8) is 0 Å². The molecule has 0 saturated heterocycles. The number of benzene rings is 1. The molecule has 0 amide bonds. The number of nitrogens with two attached hydrogens (primary N) is 1. The van der Waals surface area contributed by atoms with Crippen molar-refractivity contribution in [2.24, 2.45) is 5.73 Å². The lowest BCUT2D eigenvalue weighted by Crippen LogP contribution is -2.25. The van der Waals surface area contributed by atoms with Crippen molar-refractivity contribution < 1.29 is 9.84 Å². The highest BCUT2D eigenvalue weighted by Gasteiger charge is 2.11. The molecule has 0 bridgehead atoms. The lowest BCUT2D eigenvalue weighted by molar-refractivity contribution is 0.0971. The quantitative estimate of drug-likeness (QED) is 0.689. The van der Waals surface area contributed by atoms with Crippen LogP contribution in [0.25, 0.3) is 0 Å². The van der Waals surface area contributed by atoms with Gasteiger partial charge >= 0.3 is 0 Å². The van der Waals surface area contributed by atoms with Crippen LogP contribution in [0.5, 0.6) is 0 Å². The molecule has 102 valence electrons. The summed E-state index contributed by atoms with van der Waals surface area (Å²) in [6, 6.07) is 8.27. The number of likely N-dealkylation sites (N-methyl/N-ethyl adjacent to an activating group) is 1. The maximum atomic E-state index is 8.64. The van der Waals surface area contributed by atoms with Crippen molar-refractivity contribution in [3.05, 3.63) is 29.8 Å². The molecule has 0 aliphatic carbocycles. The first-order chi connectivity index (χ1) is 8.70. The van der Waals surface area contributed by atoms with Crippen molar-refractivity contribution in [1.29, 1.82) is 0 Å². The first-order valence-corrected chi connectivity index (χ1v) is 6.45. The Morgan fingerprint density at radius 1 is 1.33 bits per heavy atom. The molecule has 1 atom stereocenters. The van der Waals surface area contributed by atoms with Crippen molar-refractivity contribution in [2.45, 2.75) is 19.4 Å². The molecule has 18 heavy (non-hydrogen) atoms. The van der Waals surface area contributed by atoms with Gasteiger partial charge in [0.25, 0.3) is 0 Å². The lowest BCUT2D eigenvalue weighted by Gasteiger charge is -2.24. The van der Waals surface area contributed by atoms with Gasteiger partial charge in [-0.3, -0.25) is 0 Å². The van der Waals surface area contributed by atoms with E-state index in [4.69, 9.17) is 15.6 Å². The van der Waals surface area contributed by atoms with Crippen LogP contribution in [0.1, 0.15) is 24.9 Å². The Hall–Kier alpha value is -1.10. The third kappa shape index (κ3) is 4.29. The smallest absolute Gasteiger partial charge is 0.0698 e. The highest BCUT2D eigenvalue weighted by atomic mass is 16.5. The Kier molecular flexibility index (Phi) is 6.72. The monoisotopic (exact) mass is 252 g/mol. The zero-order chi connectivity index (χ0) is 13.4. The summed E-state index contributed by atoms with van der Waals surface area (Å²) in [4.78, 5) is 2.14. The molecule has 1 rings (SSSR count). The minimum absolute atomic E-state index is 0.0704. The number of aliphatic hydroxyl groups is 1. The highest BCUT2D eigenvalue weighted by molar-refractivity contribution is 5.54. The van der Waals surface area contributed by atoms with E-state index in [1.807, 2.05) is 19.2 Å². The number of rotatable bonds is 8. The molecule has 0 saturated carbocycles. The Balaban J connectivity index is 2.63. The summed E-state index contributed by atoms with van der Waals surface area (Å²) in [5, 5.41) is 8.64. The first-order valence-electron chi connectivity index (χ1n) is 6.45. The summed E-state index contributed by atoms with van der Waals surface area (Å²) in [7, 11) is 2.03. The van der Waals surface area contributed by atoms with Crippen molar-refractivity contribution in [2.75, 3.05) is 38.3 Å². The second kappa shape index (κ2) is 8.08. The number of anilines is 1. The zero-order valence-corrected chi connectivity index (χ0v) is 11.3. The third-order valence-corrected chi connectivity index (χ3v) is 2.99. The average Bonchev–Trinajstić information content (AvgIpc) is 2.42. The predicted octanol–water partition coefficient (Wildman–Crippen LogP) is 1.54. The van der Waals surface area contributed by atoms with Gasteiger partial charge in [-0.2, -0.15) is 0 Å². The SMILES string of the molecule is CC[C@@H](N)c1ccccc1N(C)CCOCCO. The van der Waals surface area contributed by atoms with E-state index >= 15 is 0 Å². The summed E-state index contributed by atoms with van der Waals surface area (Å²) >= 11 is 0. The number of ether oxygens (including phenoxy) is 1. The second-order valence-electron chi connectivity index (χ2n) is 4.33. The Morgan fingerprint density at radius 3 is 2.72 bits per heavy atom. The zero-order valence-electron chi connectivity index (χ0n) is 11.3. The minimum Gasteiger partial charge on any atom is -0.394 e. The van der Waals surface area contributed by atoms with Gasteiger partial charge in [0, 0.05) is 25.3 Å². The van der Waals surface area contributed by atoms with Gasteiger partial charge in [0.15, 0.2) is 0 Å². The summed E-state index contributed by atoms with van der Waals surface area (Å²) in [6.07, 6.45) is 0.922. The predicted molar refractivity (Wildman–Crippen MR) is 74.8 cm³/mol. The summed E-state index contributed by atoms with van der Waals surface area (Å²) in [6.45, 7) is 3.94. The van der Waals surface area contributed by atoms with Crippen LogP contribution in [0.15, 0.2) is 24.3 Å². The Labute approximate surface area is 109 Å². The fourth-order valence-electron chi connectivity index (χ4n) is 1.86. The molecule has 0 aliphatic rings. The maximum Gasteiger partial charge on any atom is 0.0698 e. The molecule has 3 N–H and O–H groups in total. The van der Waals surface area contributed by atoms with Crippen LogP contribution in [0.2, 0.25) is 0 Å². The molecule has 4 nitrogen and oxygen atoms in total. The van der Waals surface area contributed by atoms with Gasteiger partial charge < -0.3 is 20.5 Å². The van der Waals surface area contributed by atoms with Crippen LogP contribution in [-0.2, 0) is 4.74 Å². The van der Waals surface area contributed by atoms with Gasteiger partial charge in [0.2, 0.25) is 0 Å². The molecule has 4 heteroatoms.